The first-order chi connectivity index (χ1) is 7.22. The number of hydrogen-bond acceptors (Lipinski definition) is 2. The smallest absolute Gasteiger partial charge is 0.123 e. The van der Waals surface area contributed by atoms with Crippen molar-refractivity contribution in [1.29, 1.82) is 0 Å². The second-order valence-corrected chi connectivity index (χ2v) is 3.84. The molecule has 0 aliphatic heterocycles. The standard InChI is InChI=1S/C13H20O2/c1-4-5-9-14-12-7-6-8-13(10-12)15-11(2)3/h6-8,10-11H,4-5,9H2,1-3H3. The number of unbranched alkanes of at least 4 members (excludes halogenated alkanes) is 1. The lowest BCUT2D eigenvalue weighted by atomic mass is 10.3. The Bertz CT molecular complexity index is 282. The summed E-state index contributed by atoms with van der Waals surface area (Å²) in [5, 5.41) is 0. The maximum Gasteiger partial charge on any atom is 0.123 e. The molecule has 0 spiro atoms. The van der Waals surface area contributed by atoms with Crippen LogP contribution in [0.2, 0.25) is 0 Å². The van der Waals surface area contributed by atoms with Gasteiger partial charge >= 0.3 is 0 Å². The van der Waals surface area contributed by atoms with Gasteiger partial charge in [0.1, 0.15) is 11.5 Å². The van der Waals surface area contributed by atoms with Crippen LogP contribution in [0.15, 0.2) is 24.3 Å². The fourth-order valence-corrected chi connectivity index (χ4v) is 1.24. The predicted octanol–water partition coefficient (Wildman–Crippen LogP) is 3.65. The summed E-state index contributed by atoms with van der Waals surface area (Å²) in [5.74, 6) is 1.76. The summed E-state index contributed by atoms with van der Waals surface area (Å²) in [6.45, 7) is 6.97. The summed E-state index contributed by atoms with van der Waals surface area (Å²) in [4.78, 5) is 0. The largest absolute Gasteiger partial charge is 0.493 e. The summed E-state index contributed by atoms with van der Waals surface area (Å²) in [7, 11) is 0. The molecule has 0 aliphatic carbocycles. The molecule has 0 aliphatic rings. The van der Waals surface area contributed by atoms with E-state index in [2.05, 4.69) is 6.92 Å². The first kappa shape index (κ1) is 11.9. The number of rotatable bonds is 6. The molecule has 84 valence electrons. The van der Waals surface area contributed by atoms with Crippen LogP contribution in [-0.2, 0) is 0 Å². The third-order valence-corrected chi connectivity index (χ3v) is 1.94. The van der Waals surface area contributed by atoms with Crippen molar-refractivity contribution < 1.29 is 9.47 Å². The van der Waals surface area contributed by atoms with E-state index in [0.717, 1.165) is 30.9 Å². The van der Waals surface area contributed by atoms with Gasteiger partial charge in [-0.1, -0.05) is 19.4 Å². The van der Waals surface area contributed by atoms with Gasteiger partial charge in [0.2, 0.25) is 0 Å². The van der Waals surface area contributed by atoms with Gasteiger partial charge in [-0.25, -0.2) is 0 Å². The van der Waals surface area contributed by atoms with Crippen LogP contribution in [0.25, 0.3) is 0 Å². The monoisotopic (exact) mass is 208 g/mol. The van der Waals surface area contributed by atoms with Crippen molar-refractivity contribution in [2.75, 3.05) is 6.61 Å². The van der Waals surface area contributed by atoms with Gasteiger partial charge in [-0.3, -0.25) is 0 Å². The summed E-state index contributed by atoms with van der Waals surface area (Å²) in [5.41, 5.74) is 0. The third-order valence-electron chi connectivity index (χ3n) is 1.94. The zero-order valence-corrected chi connectivity index (χ0v) is 9.82. The first-order valence-corrected chi connectivity index (χ1v) is 5.62. The van der Waals surface area contributed by atoms with Gasteiger partial charge in [-0.15, -0.1) is 0 Å². The Hall–Kier alpha value is -1.18. The minimum atomic E-state index is 0.205. The van der Waals surface area contributed by atoms with Crippen molar-refractivity contribution >= 4 is 0 Å². The van der Waals surface area contributed by atoms with Gasteiger partial charge in [0, 0.05) is 6.07 Å². The van der Waals surface area contributed by atoms with E-state index in [1.54, 1.807) is 0 Å². The molecule has 2 heteroatoms. The van der Waals surface area contributed by atoms with Gasteiger partial charge in [0.25, 0.3) is 0 Å². The predicted molar refractivity (Wildman–Crippen MR) is 62.6 cm³/mol. The van der Waals surface area contributed by atoms with E-state index >= 15 is 0 Å². The van der Waals surface area contributed by atoms with Crippen molar-refractivity contribution in [1.82, 2.24) is 0 Å². The van der Waals surface area contributed by atoms with Crippen molar-refractivity contribution in [3.63, 3.8) is 0 Å². The Labute approximate surface area is 92.2 Å². The van der Waals surface area contributed by atoms with Crippen LogP contribution in [-0.4, -0.2) is 12.7 Å². The fraction of sp³-hybridized carbons (Fsp3) is 0.538. The minimum absolute atomic E-state index is 0.205. The molecule has 0 heterocycles. The lowest BCUT2D eigenvalue weighted by Crippen LogP contribution is -2.05. The second-order valence-electron chi connectivity index (χ2n) is 3.84. The van der Waals surface area contributed by atoms with Crippen LogP contribution < -0.4 is 9.47 Å². The summed E-state index contributed by atoms with van der Waals surface area (Å²) < 4.78 is 11.2. The fourth-order valence-electron chi connectivity index (χ4n) is 1.24. The van der Waals surface area contributed by atoms with Crippen LogP contribution in [0.1, 0.15) is 33.6 Å². The van der Waals surface area contributed by atoms with Gasteiger partial charge < -0.3 is 9.47 Å². The van der Waals surface area contributed by atoms with Crippen LogP contribution in [0.4, 0.5) is 0 Å². The van der Waals surface area contributed by atoms with Crippen molar-refractivity contribution in [2.45, 2.75) is 39.7 Å². The first-order valence-electron chi connectivity index (χ1n) is 5.62. The highest BCUT2D eigenvalue weighted by Gasteiger charge is 1.99. The van der Waals surface area contributed by atoms with E-state index in [1.165, 1.54) is 0 Å². The molecule has 0 fully saturated rings. The van der Waals surface area contributed by atoms with Gasteiger partial charge in [-0.2, -0.15) is 0 Å². The Kier molecular flexibility index (Phi) is 5.02. The number of ether oxygens (including phenoxy) is 2. The molecule has 0 amide bonds. The van der Waals surface area contributed by atoms with E-state index in [9.17, 15) is 0 Å². The maximum atomic E-state index is 5.59. The molecule has 1 aromatic carbocycles. The molecular weight excluding hydrogens is 188 g/mol. The van der Waals surface area contributed by atoms with Crippen LogP contribution >= 0.6 is 0 Å². The quantitative estimate of drug-likeness (QED) is 0.664. The second kappa shape index (κ2) is 6.33. The molecular formula is C13H20O2. The molecule has 0 bridgehead atoms. The van der Waals surface area contributed by atoms with E-state index in [-0.39, 0.29) is 6.10 Å². The Morgan fingerprint density at radius 2 is 1.93 bits per heavy atom. The highest BCUT2D eigenvalue weighted by Crippen LogP contribution is 2.20. The molecule has 0 saturated carbocycles. The zero-order valence-electron chi connectivity index (χ0n) is 9.82. The molecule has 2 nitrogen and oxygen atoms in total. The molecule has 0 aromatic heterocycles. The summed E-state index contributed by atoms with van der Waals surface area (Å²) in [6.07, 6.45) is 2.45. The molecule has 0 N–H and O–H groups in total. The van der Waals surface area contributed by atoms with E-state index in [1.807, 2.05) is 38.1 Å². The molecule has 15 heavy (non-hydrogen) atoms. The lowest BCUT2D eigenvalue weighted by molar-refractivity contribution is 0.240. The summed E-state index contributed by atoms with van der Waals surface area (Å²) in [6, 6.07) is 7.81. The molecule has 1 rings (SSSR count). The van der Waals surface area contributed by atoms with Crippen molar-refractivity contribution in [3.8, 4) is 11.5 Å². The average Bonchev–Trinajstić information content (AvgIpc) is 2.18. The van der Waals surface area contributed by atoms with Crippen LogP contribution in [0.3, 0.4) is 0 Å². The van der Waals surface area contributed by atoms with Gasteiger partial charge in [0.15, 0.2) is 0 Å². The summed E-state index contributed by atoms with van der Waals surface area (Å²) >= 11 is 0. The lowest BCUT2D eigenvalue weighted by Gasteiger charge is -2.11. The molecule has 1 aromatic rings. The normalized spacial score (nSPS) is 10.4. The number of hydrogen-bond donors (Lipinski definition) is 0. The molecule has 0 unspecified atom stereocenters. The van der Waals surface area contributed by atoms with E-state index in [4.69, 9.17) is 9.47 Å². The SMILES string of the molecule is CCCCOc1cccc(OC(C)C)c1. The molecule has 0 radical (unpaired) electrons. The van der Waals surface area contributed by atoms with Crippen LogP contribution in [0, 0.1) is 0 Å². The van der Waals surface area contributed by atoms with Gasteiger partial charge in [-0.05, 0) is 32.4 Å². The van der Waals surface area contributed by atoms with Crippen molar-refractivity contribution in [2.24, 2.45) is 0 Å². The Morgan fingerprint density at radius 3 is 2.60 bits per heavy atom. The highest BCUT2D eigenvalue weighted by atomic mass is 16.5. The molecule has 0 saturated heterocycles. The topological polar surface area (TPSA) is 18.5 Å². The van der Waals surface area contributed by atoms with Gasteiger partial charge in [0.05, 0.1) is 12.7 Å². The third kappa shape index (κ3) is 4.73. The Morgan fingerprint density at radius 1 is 1.20 bits per heavy atom. The average molecular weight is 208 g/mol. The highest BCUT2D eigenvalue weighted by molar-refractivity contribution is 5.32. The van der Waals surface area contributed by atoms with Crippen LogP contribution in [0.5, 0.6) is 11.5 Å². The number of benzene rings is 1. The zero-order chi connectivity index (χ0) is 11.1. The Balaban J connectivity index is 2.50. The van der Waals surface area contributed by atoms with E-state index < -0.39 is 0 Å². The molecule has 0 atom stereocenters. The van der Waals surface area contributed by atoms with E-state index in [0.29, 0.717) is 0 Å². The van der Waals surface area contributed by atoms with Crippen molar-refractivity contribution in [3.05, 3.63) is 24.3 Å². The maximum absolute atomic E-state index is 5.59. The minimum Gasteiger partial charge on any atom is -0.493 e.